The Labute approximate surface area is 211 Å². The lowest BCUT2D eigenvalue weighted by Gasteiger charge is -2.48. The van der Waals surface area contributed by atoms with Gasteiger partial charge in [0.05, 0.1) is 26.4 Å². The molecule has 3 heterocycles. The van der Waals surface area contributed by atoms with Crippen LogP contribution in [0.5, 0.6) is 0 Å². The van der Waals surface area contributed by atoms with Crippen molar-refractivity contribution < 1.29 is 79.5 Å². The largest absolute Gasteiger partial charge is 0.394 e. The fourth-order valence-electron chi connectivity index (χ4n) is 4.34. The number of aliphatic hydroxyl groups excluding tert-OH is 10. The Kier molecular flexibility index (Phi) is 11.1. The minimum Gasteiger partial charge on any atom is -0.394 e. The molecule has 16 nitrogen and oxygen atoms in total. The summed E-state index contributed by atoms with van der Waals surface area (Å²) < 4.78 is 32.4. The Bertz CT molecular complexity index is 708. The smallest absolute Gasteiger partial charge is 0.187 e. The Morgan fingerprint density at radius 2 is 0.946 bits per heavy atom. The molecule has 3 aliphatic heterocycles. The monoisotopic (exact) mass is 544 g/mol. The van der Waals surface area contributed by atoms with Gasteiger partial charge in [-0.25, -0.2) is 0 Å². The van der Waals surface area contributed by atoms with Crippen LogP contribution in [0.1, 0.15) is 0 Å². The molecule has 16 heteroatoms. The van der Waals surface area contributed by atoms with Crippen molar-refractivity contribution in [3.8, 4) is 0 Å². The molecule has 10 N–H and O–H groups in total. The van der Waals surface area contributed by atoms with Gasteiger partial charge >= 0.3 is 0 Å². The van der Waals surface area contributed by atoms with Crippen LogP contribution in [0.4, 0.5) is 0 Å². The highest BCUT2D eigenvalue weighted by Crippen LogP contribution is 2.32. The first-order valence-corrected chi connectivity index (χ1v) is 11.7. The second-order valence-corrected chi connectivity index (χ2v) is 8.93. The first-order valence-electron chi connectivity index (χ1n) is 11.7. The molecule has 0 saturated carbocycles. The molecular formula is C21H36O16. The highest BCUT2D eigenvalue weighted by atomic mass is 16.8. The third-order valence-corrected chi connectivity index (χ3v) is 6.45. The molecule has 0 spiro atoms. The molecule has 3 aliphatic rings. The average molecular weight is 545 g/mol. The second-order valence-electron chi connectivity index (χ2n) is 8.93. The zero-order valence-electron chi connectivity index (χ0n) is 19.7. The summed E-state index contributed by atoms with van der Waals surface area (Å²) in [5.41, 5.74) is 0. The summed E-state index contributed by atoms with van der Waals surface area (Å²) >= 11 is 0. The van der Waals surface area contributed by atoms with Gasteiger partial charge in [0, 0.05) is 0 Å². The first-order chi connectivity index (χ1) is 17.6. The van der Waals surface area contributed by atoms with Crippen molar-refractivity contribution in [2.45, 2.75) is 92.1 Å². The molecule has 3 saturated heterocycles. The van der Waals surface area contributed by atoms with Gasteiger partial charge in [-0.3, -0.25) is 0 Å². The summed E-state index contributed by atoms with van der Waals surface area (Å²) in [4.78, 5) is 0. The highest BCUT2D eigenvalue weighted by molar-refractivity contribution is 4.96. The Balaban J connectivity index is 1.70. The molecular weight excluding hydrogens is 508 g/mol. The summed E-state index contributed by atoms with van der Waals surface area (Å²) in [5.74, 6) is 0. The molecule has 0 bridgehead atoms. The number of hydrogen-bond donors (Lipinski definition) is 10. The molecule has 37 heavy (non-hydrogen) atoms. The molecule has 3 fully saturated rings. The van der Waals surface area contributed by atoms with Gasteiger partial charge in [-0.1, -0.05) is 6.08 Å². The molecule has 3 rings (SSSR count). The van der Waals surface area contributed by atoms with Crippen LogP contribution in [0, 0.1) is 0 Å². The Morgan fingerprint density at radius 1 is 0.541 bits per heavy atom. The van der Waals surface area contributed by atoms with Gasteiger partial charge in [0.15, 0.2) is 18.9 Å². The molecule has 0 radical (unpaired) electrons. The zero-order chi connectivity index (χ0) is 27.4. The van der Waals surface area contributed by atoms with Crippen LogP contribution in [0.25, 0.3) is 0 Å². The van der Waals surface area contributed by atoms with Crippen molar-refractivity contribution in [3.05, 3.63) is 12.7 Å². The van der Waals surface area contributed by atoms with Crippen molar-refractivity contribution in [2.24, 2.45) is 0 Å². The van der Waals surface area contributed by atoms with Gasteiger partial charge in [0.1, 0.15) is 73.2 Å². The van der Waals surface area contributed by atoms with Crippen LogP contribution in [0.15, 0.2) is 12.7 Å². The minimum atomic E-state index is -1.89. The number of aliphatic hydroxyl groups is 10. The fourth-order valence-corrected chi connectivity index (χ4v) is 4.34. The summed E-state index contributed by atoms with van der Waals surface area (Å²) in [6.07, 6.45) is -22.7. The van der Waals surface area contributed by atoms with Crippen LogP contribution in [-0.4, -0.2) is 170 Å². The van der Waals surface area contributed by atoms with E-state index in [9.17, 15) is 51.1 Å². The lowest BCUT2D eigenvalue weighted by molar-refractivity contribution is -0.379. The van der Waals surface area contributed by atoms with Crippen molar-refractivity contribution >= 4 is 0 Å². The molecule has 0 aliphatic carbocycles. The predicted octanol–water partition coefficient (Wildman–Crippen LogP) is -6.36. The maximum absolute atomic E-state index is 10.7. The van der Waals surface area contributed by atoms with E-state index in [0.29, 0.717) is 0 Å². The van der Waals surface area contributed by atoms with E-state index < -0.39 is 112 Å². The normalized spacial score (nSPS) is 49.1. The average Bonchev–Trinajstić information content (AvgIpc) is 2.90. The van der Waals surface area contributed by atoms with Gasteiger partial charge < -0.3 is 79.5 Å². The summed E-state index contributed by atoms with van der Waals surface area (Å²) in [5, 5.41) is 101. The lowest BCUT2D eigenvalue weighted by Crippen LogP contribution is -2.66. The molecule has 0 aromatic carbocycles. The zero-order valence-corrected chi connectivity index (χ0v) is 19.7. The van der Waals surface area contributed by atoms with Gasteiger partial charge in [0.2, 0.25) is 0 Å². The van der Waals surface area contributed by atoms with Crippen LogP contribution in [0.3, 0.4) is 0 Å². The van der Waals surface area contributed by atoms with E-state index in [-0.39, 0.29) is 6.61 Å². The maximum atomic E-state index is 10.7. The van der Waals surface area contributed by atoms with Gasteiger partial charge in [-0.15, -0.1) is 6.58 Å². The summed E-state index contributed by atoms with van der Waals surface area (Å²) in [6, 6.07) is 0. The number of hydrogen-bond acceptors (Lipinski definition) is 16. The van der Waals surface area contributed by atoms with E-state index in [1.54, 1.807) is 0 Å². The topological polar surface area (TPSA) is 258 Å². The molecule has 15 atom stereocenters. The van der Waals surface area contributed by atoms with Gasteiger partial charge in [-0.2, -0.15) is 0 Å². The van der Waals surface area contributed by atoms with E-state index in [4.69, 9.17) is 28.4 Å². The SMILES string of the molecule is C=CCO[C@@H]1O[C@H](CO)[C@@H](O[C@H]2O[C@H](CO)[C@@H](O[C@H]3O[C@H](CO)[C@@H](O)[C@H](O)[C@H]3O)[C@H](O)[C@H]2O)[C@H](O)[C@H]1O. The summed E-state index contributed by atoms with van der Waals surface area (Å²) in [7, 11) is 0. The van der Waals surface area contributed by atoms with Gasteiger partial charge in [-0.05, 0) is 0 Å². The predicted molar refractivity (Wildman–Crippen MR) is 115 cm³/mol. The Hall–Kier alpha value is -0.900. The molecule has 216 valence electrons. The molecule has 0 aromatic rings. The van der Waals surface area contributed by atoms with E-state index in [2.05, 4.69) is 6.58 Å². The minimum absolute atomic E-state index is 0.0250. The quantitative estimate of drug-likeness (QED) is 0.115. The van der Waals surface area contributed by atoms with Crippen LogP contribution in [0.2, 0.25) is 0 Å². The second kappa shape index (κ2) is 13.4. The maximum Gasteiger partial charge on any atom is 0.187 e. The van der Waals surface area contributed by atoms with Crippen LogP contribution in [-0.2, 0) is 28.4 Å². The lowest BCUT2D eigenvalue weighted by atomic mass is 9.96. The molecule has 0 amide bonds. The van der Waals surface area contributed by atoms with E-state index in [1.165, 1.54) is 6.08 Å². The van der Waals surface area contributed by atoms with E-state index in [0.717, 1.165) is 0 Å². The summed E-state index contributed by atoms with van der Waals surface area (Å²) in [6.45, 7) is 1.20. The Morgan fingerprint density at radius 3 is 1.41 bits per heavy atom. The van der Waals surface area contributed by atoms with Crippen LogP contribution >= 0.6 is 0 Å². The van der Waals surface area contributed by atoms with E-state index in [1.807, 2.05) is 0 Å². The fraction of sp³-hybridized carbons (Fsp3) is 0.905. The highest BCUT2D eigenvalue weighted by Gasteiger charge is 2.53. The van der Waals surface area contributed by atoms with Crippen molar-refractivity contribution in [2.75, 3.05) is 26.4 Å². The van der Waals surface area contributed by atoms with Crippen LogP contribution < -0.4 is 0 Å². The standard InChI is InChI=1S/C21H36O16/c1-2-3-32-19-15(30)12(27)17(8(5-23)34-19)37-21-16(31)13(28)18(9(6-24)35-21)36-20-14(29)11(26)10(25)7(4-22)33-20/h2,7-31H,1,3-6H2/t7-,8-,9-,10-,11+,12-,13-,14-,15-,16-,17-,18-,19-,20-,21-/m1/s1. The molecule has 0 unspecified atom stereocenters. The third kappa shape index (κ3) is 6.47. The number of rotatable bonds is 10. The van der Waals surface area contributed by atoms with Crippen molar-refractivity contribution in [3.63, 3.8) is 0 Å². The van der Waals surface area contributed by atoms with E-state index >= 15 is 0 Å². The van der Waals surface area contributed by atoms with Crippen molar-refractivity contribution in [1.82, 2.24) is 0 Å². The van der Waals surface area contributed by atoms with Gasteiger partial charge in [0.25, 0.3) is 0 Å². The molecule has 0 aromatic heterocycles. The third-order valence-electron chi connectivity index (χ3n) is 6.45. The first kappa shape index (κ1) is 30.6. The number of ether oxygens (including phenoxy) is 6. The van der Waals surface area contributed by atoms with Crippen molar-refractivity contribution in [1.29, 1.82) is 0 Å².